The normalized spacial score (nSPS) is 9.70. The Balaban J connectivity index is 0.00000361. The number of halogens is 2. The molecule has 0 unspecified atom stereocenters. The minimum Gasteiger partial charge on any atom is -0.493 e. The van der Waals surface area contributed by atoms with E-state index in [1.54, 1.807) is 12.1 Å². The fourth-order valence-electron chi connectivity index (χ4n) is 1.47. The minimum absolute atomic E-state index is 0. The quantitative estimate of drug-likeness (QED) is 0.687. The standard InChI is InChI=1S/C14H21FN2O2.ClH/c1-2-8-16-9-10-17-14(18)7-11-19-13-5-3-12(15)4-6-13;/h3-6,16H,2,7-11H2,1H3,(H,17,18);1H. The molecule has 20 heavy (non-hydrogen) atoms. The Morgan fingerprint density at radius 3 is 2.55 bits per heavy atom. The van der Waals surface area contributed by atoms with E-state index in [9.17, 15) is 9.18 Å². The maximum atomic E-state index is 12.6. The molecule has 0 spiro atoms. The molecule has 0 saturated heterocycles. The topological polar surface area (TPSA) is 50.4 Å². The molecule has 1 amide bonds. The molecular formula is C14H22ClFN2O2. The van der Waals surface area contributed by atoms with E-state index in [0.717, 1.165) is 19.5 Å². The lowest BCUT2D eigenvalue weighted by molar-refractivity contribution is -0.121. The molecule has 1 rings (SSSR count). The highest BCUT2D eigenvalue weighted by Gasteiger charge is 2.01. The first kappa shape index (κ1) is 18.7. The summed E-state index contributed by atoms with van der Waals surface area (Å²) in [5.41, 5.74) is 0. The number of ether oxygens (including phenoxy) is 1. The van der Waals surface area contributed by atoms with E-state index in [-0.39, 0.29) is 24.1 Å². The summed E-state index contributed by atoms with van der Waals surface area (Å²) >= 11 is 0. The number of hydrogen-bond donors (Lipinski definition) is 2. The van der Waals surface area contributed by atoms with Crippen LogP contribution in [0.15, 0.2) is 24.3 Å². The van der Waals surface area contributed by atoms with Gasteiger partial charge in [-0.05, 0) is 37.2 Å². The lowest BCUT2D eigenvalue weighted by Gasteiger charge is -2.07. The summed E-state index contributed by atoms with van der Waals surface area (Å²) in [6.07, 6.45) is 1.38. The summed E-state index contributed by atoms with van der Waals surface area (Å²) in [6, 6.07) is 5.74. The average Bonchev–Trinajstić information content (AvgIpc) is 2.41. The number of hydrogen-bond acceptors (Lipinski definition) is 3. The van der Waals surface area contributed by atoms with E-state index in [0.29, 0.717) is 25.3 Å². The predicted molar refractivity (Wildman–Crippen MR) is 79.9 cm³/mol. The summed E-state index contributed by atoms with van der Waals surface area (Å²) < 4.78 is 18.0. The van der Waals surface area contributed by atoms with Crippen molar-refractivity contribution < 1.29 is 13.9 Å². The first-order chi connectivity index (χ1) is 9.22. The van der Waals surface area contributed by atoms with Gasteiger partial charge in [-0.25, -0.2) is 4.39 Å². The molecule has 0 aliphatic heterocycles. The molecule has 1 aromatic rings. The Morgan fingerprint density at radius 2 is 1.90 bits per heavy atom. The van der Waals surface area contributed by atoms with Crippen LogP contribution in [-0.2, 0) is 4.79 Å². The van der Waals surface area contributed by atoms with Crippen molar-refractivity contribution in [3.8, 4) is 5.75 Å². The molecule has 0 saturated carbocycles. The van der Waals surface area contributed by atoms with E-state index in [2.05, 4.69) is 17.6 Å². The van der Waals surface area contributed by atoms with Gasteiger partial charge in [0, 0.05) is 13.1 Å². The SMILES string of the molecule is CCCNCCNC(=O)CCOc1ccc(F)cc1.Cl. The zero-order valence-corrected chi connectivity index (χ0v) is 12.5. The van der Waals surface area contributed by atoms with Gasteiger partial charge in [-0.1, -0.05) is 6.92 Å². The number of amides is 1. The van der Waals surface area contributed by atoms with Gasteiger partial charge in [0.1, 0.15) is 11.6 Å². The van der Waals surface area contributed by atoms with Gasteiger partial charge in [0.15, 0.2) is 0 Å². The smallest absolute Gasteiger partial charge is 0.223 e. The van der Waals surface area contributed by atoms with Crippen LogP contribution in [0.3, 0.4) is 0 Å². The van der Waals surface area contributed by atoms with Gasteiger partial charge >= 0.3 is 0 Å². The Labute approximate surface area is 125 Å². The summed E-state index contributed by atoms with van der Waals surface area (Å²) in [7, 11) is 0. The summed E-state index contributed by atoms with van der Waals surface area (Å²) in [5.74, 6) is 0.226. The van der Waals surface area contributed by atoms with Crippen molar-refractivity contribution in [2.45, 2.75) is 19.8 Å². The fraction of sp³-hybridized carbons (Fsp3) is 0.500. The summed E-state index contributed by atoms with van der Waals surface area (Å²) in [4.78, 5) is 11.4. The van der Waals surface area contributed by atoms with Crippen LogP contribution >= 0.6 is 12.4 Å². The highest BCUT2D eigenvalue weighted by molar-refractivity contribution is 5.85. The largest absolute Gasteiger partial charge is 0.493 e. The Bertz CT molecular complexity index is 374. The first-order valence-electron chi connectivity index (χ1n) is 6.58. The molecule has 0 aromatic heterocycles. The van der Waals surface area contributed by atoms with Crippen molar-refractivity contribution in [3.63, 3.8) is 0 Å². The fourth-order valence-corrected chi connectivity index (χ4v) is 1.47. The van der Waals surface area contributed by atoms with Crippen molar-refractivity contribution >= 4 is 18.3 Å². The van der Waals surface area contributed by atoms with Crippen LogP contribution in [0.4, 0.5) is 4.39 Å². The van der Waals surface area contributed by atoms with Crippen molar-refractivity contribution in [2.75, 3.05) is 26.2 Å². The van der Waals surface area contributed by atoms with E-state index in [1.807, 2.05) is 0 Å². The third-order valence-electron chi connectivity index (χ3n) is 2.46. The van der Waals surface area contributed by atoms with E-state index >= 15 is 0 Å². The van der Waals surface area contributed by atoms with Gasteiger partial charge in [-0.2, -0.15) is 0 Å². The van der Waals surface area contributed by atoms with Crippen molar-refractivity contribution in [1.29, 1.82) is 0 Å². The third-order valence-corrected chi connectivity index (χ3v) is 2.46. The van der Waals surface area contributed by atoms with Gasteiger partial charge in [0.05, 0.1) is 13.0 Å². The Morgan fingerprint density at radius 1 is 1.20 bits per heavy atom. The van der Waals surface area contributed by atoms with Crippen LogP contribution in [0.2, 0.25) is 0 Å². The number of carbonyl (C=O) groups is 1. The van der Waals surface area contributed by atoms with E-state index in [4.69, 9.17) is 4.74 Å². The molecule has 0 aliphatic carbocycles. The van der Waals surface area contributed by atoms with Gasteiger partial charge in [0.25, 0.3) is 0 Å². The van der Waals surface area contributed by atoms with Crippen molar-refractivity contribution in [3.05, 3.63) is 30.1 Å². The molecule has 114 valence electrons. The van der Waals surface area contributed by atoms with Crippen LogP contribution in [0, 0.1) is 5.82 Å². The van der Waals surface area contributed by atoms with Gasteiger partial charge < -0.3 is 15.4 Å². The Kier molecular flexibility index (Phi) is 10.7. The van der Waals surface area contributed by atoms with E-state index in [1.165, 1.54) is 12.1 Å². The second-order valence-electron chi connectivity index (χ2n) is 4.15. The van der Waals surface area contributed by atoms with Crippen LogP contribution < -0.4 is 15.4 Å². The van der Waals surface area contributed by atoms with Crippen molar-refractivity contribution in [2.24, 2.45) is 0 Å². The molecule has 6 heteroatoms. The number of rotatable bonds is 9. The molecule has 2 N–H and O–H groups in total. The highest BCUT2D eigenvalue weighted by atomic mass is 35.5. The van der Waals surface area contributed by atoms with Crippen LogP contribution in [-0.4, -0.2) is 32.1 Å². The molecule has 0 radical (unpaired) electrons. The van der Waals surface area contributed by atoms with Gasteiger partial charge in [-0.3, -0.25) is 4.79 Å². The maximum absolute atomic E-state index is 12.6. The molecule has 0 fully saturated rings. The summed E-state index contributed by atoms with van der Waals surface area (Å²) in [5, 5.41) is 5.99. The first-order valence-corrected chi connectivity index (χ1v) is 6.58. The molecule has 0 aliphatic rings. The predicted octanol–water partition coefficient (Wildman–Crippen LogP) is 2.13. The van der Waals surface area contributed by atoms with Crippen molar-refractivity contribution in [1.82, 2.24) is 10.6 Å². The van der Waals surface area contributed by atoms with Gasteiger partial charge in [-0.15, -0.1) is 12.4 Å². The monoisotopic (exact) mass is 304 g/mol. The second-order valence-corrected chi connectivity index (χ2v) is 4.15. The molecular weight excluding hydrogens is 283 g/mol. The summed E-state index contributed by atoms with van der Waals surface area (Å²) in [6.45, 7) is 4.75. The minimum atomic E-state index is -0.301. The lowest BCUT2D eigenvalue weighted by atomic mass is 10.3. The van der Waals surface area contributed by atoms with E-state index < -0.39 is 0 Å². The third kappa shape index (κ3) is 8.72. The zero-order valence-electron chi connectivity index (χ0n) is 11.7. The Hall–Kier alpha value is -1.33. The van der Waals surface area contributed by atoms with Crippen LogP contribution in [0.5, 0.6) is 5.75 Å². The van der Waals surface area contributed by atoms with Crippen LogP contribution in [0.25, 0.3) is 0 Å². The zero-order chi connectivity index (χ0) is 13.9. The molecule has 0 bridgehead atoms. The molecule has 0 atom stereocenters. The molecule has 1 aromatic carbocycles. The number of nitrogens with one attached hydrogen (secondary N) is 2. The number of benzene rings is 1. The van der Waals surface area contributed by atoms with Gasteiger partial charge in [0.2, 0.25) is 5.91 Å². The molecule has 4 nitrogen and oxygen atoms in total. The average molecular weight is 305 g/mol. The lowest BCUT2D eigenvalue weighted by Crippen LogP contribution is -2.32. The second kappa shape index (κ2) is 11.5. The highest BCUT2D eigenvalue weighted by Crippen LogP contribution is 2.10. The number of carbonyl (C=O) groups excluding carboxylic acids is 1. The molecule has 0 heterocycles. The van der Waals surface area contributed by atoms with Crippen LogP contribution in [0.1, 0.15) is 19.8 Å². The maximum Gasteiger partial charge on any atom is 0.223 e.